The van der Waals surface area contributed by atoms with Crippen LogP contribution in [0.3, 0.4) is 0 Å². The Morgan fingerprint density at radius 1 is 0.722 bits per heavy atom. The molecule has 0 saturated heterocycles. The normalized spacial score (nSPS) is 12.2. The first kappa shape index (κ1) is 19.3. The van der Waals surface area contributed by atoms with E-state index in [0.717, 1.165) is 0 Å². The lowest BCUT2D eigenvalue weighted by Crippen LogP contribution is -1.96. The Morgan fingerprint density at radius 3 is 1.00 bits per heavy atom. The predicted molar refractivity (Wildman–Crippen MR) is 64.9 cm³/mol. The van der Waals surface area contributed by atoms with E-state index in [-0.39, 0.29) is 12.6 Å². The van der Waals surface area contributed by atoms with Crippen LogP contribution in [0.1, 0.15) is 0 Å². The maximum atomic E-state index is 9.87. The van der Waals surface area contributed by atoms with Gasteiger partial charge in [-0.15, -0.1) is 0 Å². The molecule has 0 aliphatic rings. The smallest absolute Gasteiger partial charge is 0.348 e. The third-order valence-electron chi connectivity index (χ3n) is 1.00. The fourth-order valence-corrected chi connectivity index (χ4v) is 0.559. The van der Waals surface area contributed by atoms with Crippen molar-refractivity contribution in [3.8, 4) is 0 Å². The van der Waals surface area contributed by atoms with Crippen molar-refractivity contribution in [3.63, 3.8) is 0 Å². The highest BCUT2D eigenvalue weighted by molar-refractivity contribution is 6.52. The van der Waals surface area contributed by atoms with Crippen molar-refractivity contribution in [2.24, 2.45) is 0 Å². The Bertz CT molecular complexity index is 385. The first-order valence-corrected chi connectivity index (χ1v) is 5.17. The van der Waals surface area contributed by atoms with Crippen LogP contribution in [0.2, 0.25) is 0 Å². The molecule has 10 heteroatoms. The van der Waals surface area contributed by atoms with Crippen molar-refractivity contribution in [2.75, 3.05) is 0 Å². The molecule has 0 aliphatic heterocycles. The number of rotatable bonds is 4. The molecule has 0 unspecified atom stereocenters. The zero-order valence-corrected chi connectivity index (χ0v) is 11.2. The van der Waals surface area contributed by atoms with Gasteiger partial charge < -0.3 is 10.2 Å². The lowest BCUT2D eigenvalue weighted by molar-refractivity contribution is -0.133. The number of carboxylic acids is 2. The molecule has 0 saturated carbocycles. The van der Waals surface area contributed by atoms with E-state index in [9.17, 15) is 19.2 Å². The van der Waals surface area contributed by atoms with Crippen molar-refractivity contribution < 1.29 is 29.4 Å². The van der Waals surface area contributed by atoms with Gasteiger partial charge in [0.25, 0.3) is 0 Å². The van der Waals surface area contributed by atoms with Crippen molar-refractivity contribution >= 4 is 70.9 Å². The van der Waals surface area contributed by atoms with E-state index in [0.29, 0.717) is 0 Å². The maximum Gasteiger partial charge on any atom is 0.348 e. The minimum Gasteiger partial charge on any atom is -0.477 e. The van der Waals surface area contributed by atoms with Crippen LogP contribution in [0.5, 0.6) is 0 Å². The van der Waals surface area contributed by atoms with Gasteiger partial charge in [-0.3, -0.25) is 9.59 Å². The summed E-state index contributed by atoms with van der Waals surface area (Å²) in [6.07, 6.45) is 0.329. The molecule has 0 fully saturated rings. The van der Waals surface area contributed by atoms with Crippen molar-refractivity contribution in [1.29, 1.82) is 0 Å². The van der Waals surface area contributed by atoms with Gasteiger partial charge in [-0.1, -0.05) is 46.4 Å². The predicted octanol–water partition coefficient (Wildman–Crippen LogP) is 1.92. The Hall–Kier alpha value is -1.08. The number of carboxylic acid groups (broad SMARTS) is 2. The van der Waals surface area contributed by atoms with Gasteiger partial charge in [-0.05, 0) is 0 Å². The lowest BCUT2D eigenvalue weighted by atomic mass is 10.5. The number of halogens is 4. The van der Waals surface area contributed by atoms with Gasteiger partial charge in [0.15, 0.2) is 12.6 Å². The Kier molecular flexibility index (Phi) is 10.6. The van der Waals surface area contributed by atoms with Crippen LogP contribution in [-0.2, 0) is 19.2 Å². The summed E-state index contributed by atoms with van der Waals surface area (Å²) in [7, 11) is 0. The Balaban J connectivity index is 0. The molecule has 0 spiro atoms. The second-order valence-electron chi connectivity index (χ2n) is 2.17. The standard InChI is InChI=1S/2C4H2Cl2O3/c2*5-2(1-7)3(6)4(8)9/h2*1H,(H,8,9)/b3-2-;. The Labute approximate surface area is 120 Å². The van der Waals surface area contributed by atoms with Crippen molar-refractivity contribution in [1.82, 2.24) is 0 Å². The summed E-state index contributed by atoms with van der Waals surface area (Å²) in [6.45, 7) is 0. The van der Waals surface area contributed by atoms with Gasteiger partial charge in [0.2, 0.25) is 0 Å². The minimum atomic E-state index is -1.41. The highest BCUT2D eigenvalue weighted by atomic mass is 35.5. The van der Waals surface area contributed by atoms with Crippen LogP contribution in [-0.4, -0.2) is 34.7 Å². The maximum absolute atomic E-state index is 9.87. The molecule has 2 N–H and O–H groups in total. The number of carbonyl (C=O) groups is 4. The number of hydrogen-bond acceptors (Lipinski definition) is 4. The average molecular weight is 338 g/mol. The van der Waals surface area contributed by atoms with Crippen LogP contribution in [0, 0.1) is 0 Å². The number of aldehydes is 2. The molecule has 0 bridgehead atoms. The molecule has 0 amide bonds. The van der Waals surface area contributed by atoms with Gasteiger partial charge in [0, 0.05) is 0 Å². The van der Waals surface area contributed by atoms with Crippen molar-refractivity contribution in [3.05, 3.63) is 20.1 Å². The van der Waals surface area contributed by atoms with E-state index < -0.39 is 32.1 Å². The van der Waals surface area contributed by atoms with Gasteiger partial charge >= 0.3 is 11.9 Å². The molecule has 0 radical (unpaired) electrons. The monoisotopic (exact) mass is 336 g/mol. The van der Waals surface area contributed by atoms with Gasteiger partial charge in [-0.25, -0.2) is 9.59 Å². The molecule has 0 heterocycles. The topological polar surface area (TPSA) is 109 Å². The summed E-state index contributed by atoms with van der Waals surface area (Å²) < 4.78 is 0. The fraction of sp³-hybridized carbons (Fsp3) is 0. The molecule has 6 nitrogen and oxygen atoms in total. The summed E-state index contributed by atoms with van der Waals surface area (Å²) in [5.41, 5.74) is 0. The fourth-order valence-electron chi connectivity index (χ4n) is 0.308. The lowest BCUT2D eigenvalue weighted by Gasteiger charge is -1.86. The first-order valence-electron chi connectivity index (χ1n) is 3.66. The van der Waals surface area contributed by atoms with Gasteiger partial charge in [0.05, 0.1) is 0 Å². The van der Waals surface area contributed by atoms with Crippen LogP contribution in [0.15, 0.2) is 20.1 Å². The zero-order chi connectivity index (χ0) is 14.9. The molecular formula is C8H4Cl4O6. The molecule has 0 aromatic heterocycles. The van der Waals surface area contributed by atoms with E-state index in [2.05, 4.69) is 0 Å². The molecule has 0 aromatic carbocycles. The molecule has 100 valence electrons. The van der Waals surface area contributed by atoms with Crippen LogP contribution in [0.25, 0.3) is 0 Å². The molecule has 0 aromatic rings. The van der Waals surface area contributed by atoms with Crippen LogP contribution < -0.4 is 0 Å². The van der Waals surface area contributed by atoms with Crippen molar-refractivity contribution in [2.45, 2.75) is 0 Å². The van der Waals surface area contributed by atoms with E-state index >= 15 is 0 Å². The molecule has 0 atom stereocenters. The van der Waals surface area contributed by atoms with Crippen LogP contribution in [0.4, 0.5) is 0 Å². The quantitative estimate of drug-likeness (QED) is 0.599. The first-order chi connectivity index (χ1) is 8.18. The molecular weight excluding hydrogens is 334 g/mol. The summed E-state index contributed by atoms with van der Waals surface area (Å²) in [4.78, 5) is 39.2. The summed E-state index contributed by atoms with van der Waals surface area (Å²) in [6, 6.07) is 0. The largest absolute Gasteiger partial charge is 0.477 e. The van der Waals surface area contributed by atoms with Crippen LogP contribution >= 0.6 is 46.4 Å². The highest BCUT2D eigenvalue weighted by Gasteiger charge is 2.08. The van der Waals surface area contributed by atoms with Gasteiger partial charge in [0.1, 0.15) is 20.1 Å². The SMILES string of the molecule is O=C/C(Cl)=C(/Cl)C(=O)O.O=CC(Cl)=C(Cl)C(=O)O. The zero-order valence-electron chi connectivity index (χ0n) is 8.19. The second kappa shape index (κ2) is 9.90. The number of allylic oxidation sites excluding steroid dienone is 2. The van der Waals surface area contributed by atoms with E-state index in [1.807, 2.05) is 0 Å². The van der Waals surface area contributed by atoms with E-state index in [1.54, 1.807) is 0 Å². The Morgan fingerprint density at radius 2 is 0.944 bits per heavy atom. The summed E-state index contributed by atoms with van der Waals surface area (Å²) in [5.74, 6) is -2.82. The third-order valence-corrected chi connectivity index (χ3v) is 2.48. The van der Waals surface area contributed by atoms with Gasteiger partial charge in [-0.2, -0.15) is 0 Å². The summed E-state index contributed by atoms with van der Waals surface area (Å²) in [5, 5.41) is 13.8. The van der Waals surface area contributed by atoms with E-state index in [4.69, 9.17) is 56.6 Å². The molecule has 0 rings (SSSR count). The van der Waals surface area contributed by atoms with E-state index in [1.165, 1.54) is 0 Å². The number of hydrogen-bond donors (Lipinski definition) is 2. The molecule has 0 aliphatic carbocycles. The summed E-state index contributed by atoms with van der Waals surface area (Å²) >= 11 is 20.0. The number of carbonyl (C=O) groups excluding carboxylic acids is 2. The number of aliphatic carboxylic acids is 2. The molecule has 18 heavy (non-hydrogen) atoms. The third kappa shape index (κ3) is 8.08. The second-order valence-corrected chi connectivity index (χ2v) is 3.74. The minimum absolute atomic E-state index is 0.165. The highest BCUT2D eigenvalue weighted by Crippen LogP contribution is 2.11. The average Bonchev–Trinajstić information content (AvgIpc) is 2.35.